The molecule has 0 bridgehead atoms. The highest BCUT2D eigenvalue weighted by atomic mass is 16.8. The Morgan fingerprint density at radius 3 is 2.37 bits per heavy atom. The van der Waals surface area contributed by atoms with E-state index in [1.54, 1.807) is 0 Å². The third-order valence-corrected chi connectivity index (χ3v) is 5.76. The minimum Gasteiger partial charge on any atom is -0.464 e. The molecule has 0 aliphatic carbocycles. The molecular formula is C22H27N3O10. The summed E-state index contributed by atoms with van der Waals surface area (Å²) in [7, 11) is 3.74. The summed E-state index contributed by atoms with van der Waals surface area (Å²) in [5, 5.41) is 1.31. The lowest BCUT2D eigenvalue weighted by Crippen LogP contribution is -2.69. The molecule has 1 aromatic carbocycles. The molecular weight excluding hydrogens is 466 g/mol. The number of carbonyl (C=O) groups excluding carboxylic acids is 3. The lowest BCUT2D eigenvalue weighted by molar-refractivity contribution is -0.351. The maximum atomic E-state index is 12.8. The van der Waals surface area contributed by atoms with Crippen LogP contribution in [0.3, 0.4) is 0 Å². The van der Waals surface area contributed by atoms with Crippen LogP contribution >= 0.6 is 0 Å². The lowest BCUT2D eigenvalue weighted by Gasteiger charge is -2.51. The molecule has 13 heteroatoms. The van der Waals surface area contributed by atoms with Crippen molar-refractivity contribution in [1.82, 2.24) is 16.0 Å². The van der Waals surface area contributed by atoms with E-state index in [9.17, 15) is 14.4 Å². The average Bonchev–Trinajstić information content (AvgIpc) is 3.31. The Hall–Kier alpha value is -3.23. The molecule has 2 saturated heterocycles. The molecule has 4 rings (SSSR count). The molecule has 35 heavy (non-hydrogen) atoms. The van der Waals surface area contributed by atoms with Crippen molar-refractivity contribution in [3.8, 4) is 0 Å². The van der Waals surface area contributed by atoms with Gasteiger partial charge in [0.15, 0.2) is 30.1 Å². The van der Waals surface area contributed by atoms with Gasteiger partial charge in [-0.05, 0) is 0 Å². The highest BCUT2D eigenvalue weighted by molar-refractivity contribution is 6.00. The molecule has 0 saturated carbocycles. The largest absolute Gasteiger partial charge is 0.464 e. The molecule has 13 nitrogen and oxygen atoms in total. The molecule has 190 valence electrons. The van der Waals surface area contributed by atoms with E-state index in [-0.39, 0.29) is 18.0 Å². The van der Waals surface area contributed by atoms with Gasteiger partial charge in [-0.3, -0.25) is 15.2 Å². The summed E-state index contributed by atoms with van der Waals surface area (Å²) in [6.07, 6.45) is -4.36. The van der Waals surface area contributed by atoms with Crippen molar-refractivity contribution >= 4 is 17.9 Å². The predicted octanol–water partition coefficient (Wildman–Crippen LogP) is -0.345. The summed E-state index contributed by atoms with van der Waals surface area (Å²) in [4.78, 5) is 37.2. The summed E-state index contributed by atoms with van der Waals surface area (Å²) in [6, 6.07) is 8.31. The van der Waals surface area contributed by atoms with Crippen molar-refractivity contribution < 1.29 is 47.5 Å². The lowest BCUT2D eigenvalue weighted by atomic mass is 9.93. The van der Waals surface area contributed by atoms with Crippen LogP contribution in [0.2, 0.25) is 0 Å². The molecule has 2 N–H and O–H groups in total. The van der Waals surface area contributed by atoms with Crippen molar-refractivity contribution in [3.63, 3.8) is 0 Å². The number of nitrogens with one attached hydrogen (secondary N) is 2. The third-order valence-electron chi connectivity index (χ3n) is 5.76. The van der Waals surface area contributed by atoms with Gasteiger partial charge in [-0.1, -0.05) is 30.3 Å². The number of hydrogen-bond donors (Lipinski definition) is 2. The average molecular weight is 493 g/mol. The molecule has 0 aromatic heterocycles. The summed E-state index contributed by atoms with van der Waals surface area (Å²) < 4.78 is 38.9. The standard InChI is InChI=1S/C22H27N3O10/c1-11(26)33-18-16(25-15(20(28)30-3)14(23-24-25)19(27)29-2)17-13(34-22(18)31-4)10-32-21(35-17)12-8-6-5-7-9-12/h5-9,13,16-18,21-24H,10H2,1-4H3/t13-,16-,17-,18+,21+,22+/m1/s1. The number of hydrogen-bond acceptors (Lipinski definition) is 13. The van der Waals surface area contributed by atoms with Crippen molar-refractivity contribution in [2.45, 2.75) is 43.9 Å². The zero-order chi connectivity index (χ0) is 25.1. The number of ether oxygens (including phenoxy) is 7. The van der Waals surface area contributed by atoms with E-state index in [0.29, 0.717) is 0 Å². The SMILES string of the molecule is COC(=O)C1=C(C(=O)OC)N([C@H]2[C@H](OC(C)=O)[C@@H](OC)O[C@@H]3CO[C@H](c4ccccc4)O[C@@H]23)NN1. The van der Waals surface area contributed by atoms with Crippen LogP contribution < -0.4 is 11.0 Å². The second-order valence-corrected chi connectivity index (χ2v) is 7.83. The van der Waals surface area contributed by atoms with Crippen molar-refractivity contribution in [2.24, 2.45) is 0 Å². The minimum absolute atomic E-state index is 0.121. The minimum atomic E-state index is -1.08. The van der Waals surface area contributed by atoms with E-state index >= 15 is 0 Å². The first kappa shape index (κ1) is 24.9. The van der Waals surface area contributed by atoms with Crippen LogP contribution in [0.5, 0.6) is 0 Å². The summed E-state index contributed by atoms with van der Waals surface area (Å²) in [5.41, 5.74) is 5.79. The molecule has 3 aliphatic heterocycles. The molecule has 0 amide bonds. The first-order valence-corrected chi connectivity index (χ1v) is 10.8. The molecule has 0 radical (unpaired) electrons. The molecule has 3 heterocycles. The van der Waals surface area contributed by atoms with Gasteiger partial charge in [0.1, 0.15) is 18.2 Å². The fraction of sp³-hybridized carbons (Fsp3) is 0.500. The fourth-order valence-corrected chi connectivity index (χ4v) is 4.27. The van der Waals surface area contributed by atoms with Crippen LogP contribution in [-0.4, -0.2) is 81.5 Å². The number of carbonyl (C=O) groups is 3. The summed E-state index contributed by atoms with van der Waals surface area (Å²) in [6.45, 7) is 1.36. The molecule has 0 spiro atoms. The first-order chi connectivity index (χ1) is 16.9. The second kappa shape index (κ2) is 10.6. The third kappa shape index (κ3) is 4.81. The van der Waals surface area contributed by atoms with Crippen LogP contribution in [0, 0.1) is 0 Å². The Morgan fingerprint density at radius 2 is 1.74 bits per heavy atom. The predicted molar refractivity (Wildman–Crippen MR) is 114 cm³/mol. The smallest absolute Gasteiger partial charge is 0.358 e. The Labute approximate surface area is 201 Å². The van der Waals surface area contributed by atoms with Gasteiger partial charge in [0.05, 0.1) is 20.8 Å². The Balaban J connectivity index is 1.77. The molecule has 2 fully saturated rings. The van der Waals surface area contributed by atoms with Crippen LogP contribution in [0.4, 0.5) is 0 Å². The van der Waals surface area contributed by atoms with E-state index in [1.807, 2.05) is 30.3 Å². The topological polar surface area (TPSA) is 143 Å². The van der Waals surface area contributed by atoms with Gasteiger partial charge in [0, 0.05) is 19.6 Å². The van der Waals surface area contributed by atoms with Crippen molar-refractivity contribution in [1.29, 1.82) is 0 Å². The number of esters is 3. The van der Waals surface area contributed by atoms with Crippen LogP contribution in [0.1, 0.15) is 18.8 Å². The number of hydrazine groups is 2. The number of rotatable bonds is 6. The van der Waals surface area contributed by atoms with Crippen LogP contribution in [-0.2, 0) is 47.5 Å². The molecule has 1 aromatic rings. The van der Waals surface area contributed by atoms with E-state index in [2.05, 4.69) is 11.0 Å². The van der Waals surface area contributed by atoms with Crippen LogP contribution in [0.15, 0.2) is 41.7 Å². The van der Waals surface area contributed by atoms with Gasteiger partial charge in [-0.25, -0.2) is 9.59 Å². The van der Waals surface area contributed by atoms with E-state index in [0.717, 1.165) is 5.56 Å². The Morgan fingerprint density at radius 1 is 1.03 bits per heavy atom. The van der Waals surface area contributed by atoms with E-state index in [4.69, 9.17) is 33.2 Å². The normalized spacial score (nSPS) is 30.2. The van der Waals surface area contributed by atoms with Gasteiger partial charge in [-0.15, -0.1) is 5.53 Å². The molecule has 3 aliphatic rings. The highest BCUT2D eigenvalue weighted by Crippen LogP contribution is 2.38. The Kier molecular flexibility index (Phi) is 7.52. The van der Waals surface area contributed by atoms with Gasteiger partial charge >= 0.3 is 17.9 Å². The van der Waals surface area contributed by atoms with Gasteiger partial charge in [0.25, 0.3) is 0 Å². The molecule has 0 unspecified atom stereocenters. The zero-order valence-electron chi connectivity index (χ0n) is 19.6. The number of methoxy groups -OCH3 is 3. The summed E-state index contributed by atoms with van der Waals surface area (Å²) in [5.74, 6) is -2.26. The zero-order valence-corrected chi connectivity index (χ0v) is 19.6. The fourth-order valence-electron chi connectivity index (χ4n) is 4.27. The van der Waals surface area contributed by atoms with Gasteiger partial charge in [0.2, 0.25) is 0 Å². The number of fused-ring (bicyclic) bond motifs is 1. The van der Waals surface area contributed by atoms with Gasteiger partial charge < -0.3 is 33.2 Å². The maximum Gasteiger partial charge on any atom is 0.358 e. The maximum absolute atomic E-state index is 12.8. The van der Waals surface area contributed by atoms with Gasteiger partial charge in [-0.2, -0.15) is 0 Å². The number of benzene rings is 1. The molecule has 6 atom stereocenters. The van der Waals surface area contributed by atoms with Crippen molar-refractivity contribution in [3.05, 3.63) is 47.3 Å². The van der Waals surface area contributed by atoms with E-state index in [1.165, 1.54) is 33.3 Å². The number of nitrogens with zero attached hydrogens (tertiary/aromatic N) is 1. The van der Waals surface area contributed by atoms with Crippen molar-refractivity contribution in [2.75, 3.05) is 27.9 Å². The second-order valence-electron chi connectivity index (χ2n) is 7.83. The van der Waals surface area contributed by atoms with E-state index < -0.39 is 54.8 Å². The highest BCUT2D eigenvalue weighted by Gasteiger charge is 2.56. The summed E-state index contributed by atoms with van der Waals surface area (Å²) >= 11 is 0. The first-order valence-electron chi connectivity index (χ1n) is 10.8. The Bertz CT molecular complexity index is 987. The quantitative estimate of drug-likeness (QED) is 0.394. The van der Waals surface area contributed by atoms with Crippen LogP contribution in [0.25, 0.3) is 0 Å². The monoisotopic (exact) mass is 493 g/mol.